The van der Waals surface area contributed by atoms with Crippen molar-refractivity contribution in [1.82, 2.24) is 20.0 Å². The van der Waals surface area contributed by atoms with Crippen molar-refractivity contribution in [1.29, 1.82) is 0 Å². The lowest BCUT2D eigenvalue weighted by Crippen LogP contribution is -2.03. The van der Waals surface area contributed by atoms with E-state index in [1.165, 1.54) is 11.3 Å². The molecule has 2 rings (SSSR count). The Morgan fingerprint density at radius 1 is 1.53 bits per heavy atom. The molecule has 0 bridgehead atoms. The Balaban J connectivity index is 2.39. The lowest BCUT2D eigenvalue weighted by atomic mass is 10.2. The fourth-order valence-electron chi connectivity index (χ4n) is 1.58. The summed E-state index contributed by atoms with van der Waals surface area (Å²) < 4.78 is 1.68. The van der Waals surface area contributed by atoms with Gasteiger partial charge in [0.1, 0.15) is 5.69 Å². The molecular formula is C11H14N4OS. The second kappa shape index (κ2) is 5.18. The number of nitrogens with zero attached hydrogens (tertiary/aromatic N) is 4. The Morgan fingerprint density at radius 2 is 2.35 bits per heavy atom. The van der Waals surface area contributed by atoms with E-state index < -0.39 is 0 Å². The minimum atomic E-state index is 0.423. The lowest BCUT2D eigenvalue weighted by Gasteiger charge is -2.02. The quantitative estimate of drug-likeness (QED) is 0.763. The second-order valence-corrected chi connectivity index (χ2v) is 4.66. The third-order valence-corrected chi connectivity index (χ3v) is 3.39. The summed E-state index contributed by atoms with van der Waals surface area (Å²) in [5.74, 6) is 0. The fraction of sp³-hybridized carbons (Fsp3) is 0.455. The zero-order chi connectivity index (χ0) is 12.3. The third-order valence-electron chi connectivity index (χ3n) is 2.46. The average molecular weight is 250 g/mol. The van der Waals surface area contributed by atoms with E-state index in [1.54, 1.807) is 4.68 Å². The zero-order valence-electron chi connectivity index (χ0n) is 9.88. The van der Waals surface area contributed by atoms with E-state index in [-0.39, 0.29) is 0 Å². The number of hydrogen-bond acceptors (Lipinski definition) is 5. The number of hydrogen-bond donors (Lipinski definition) is 0. The van der Waals surface area contributed by atoms with E-state index in [2.05, 4.69) is 22.2 Å². The average Bonchev–Trinajstić information content (AvgIpc) is 2.91. The highest BCUT2D eigenvalue weighted by Gasteiger charge is 2.15. The molecule has 2 aromatic rings. The van der Waals surface area contributed by atoms with Crippen molar-refractivity contribution in [3.05, 3.63) is 22.5 Å². The summed E-state index contributed by atoms with van der Waals surface area (Å²) in [5, 5.41) is 10.6. The van der Waals surface area contributed by atoms with Crippen LogP contribution in [0.15, 0.2) is 5.38 Å². The molecule has 5 nitrogen and oxygen atoms in total. The highest BCUT2D eigenvalue weighted by Crippen LogP contribution is 2.18. The number of thiazole rings is 1. The van der Waals surface area contributed by atoms with Gasteiger partial charge in [-0.3, -0.25) is 4.79 Å². The molecule has 0 aliphatic rings. The Morgan fingerprint density at radius 3 is 2.94 bits per heavy atom. The zero-order valence-corrected chi connectivity index (χ0v) is 10.7. The smallest absolute Gasteiger partial charge is 0.212 e. The van der Waals surface area contributed by atoms with Gasteiger partial charge in [-0.05, 0) is 19.8 Å². The predicted molar refractivity (Wildman–Crippen MR) is 65.8 cm³/mol. The van der Waals surface area contributed by atoms with Crippen molar-refractivity contribution in [2.75, 3.05) is 0 Å². The molecule has 0 fully saturated rings. The van der Waals surface area contributed by atoms with E-state index in [0.29, 0.717) is 5.69 Å². The first-order valence-corrected chi connectivity index (χ1v) is 6.46. The van der Waals surface area contributed by atoms with Crippen LogP contribution in [0.3, 0.4) is 0 Å². The minimum absolute atomic E-state index is 0.423. The molecule has 0 saturated carbocycles. The molecule has 2 aromatic heterocycles. The molecule has 0 saturated heterocycles. The number of carbonyl (C=O) groups is 1. The summed E-state index contributed by atoms with van der Waals surface area (Å²) in [7, 11) is 0. The first kappa shape index (κ1) is 11.9. The van der Waals surface area contributed by atoms with E-state index in [4.69, 9.17) is 0 Å². The van der Waals surface area contributed by atoms with Crippen LogP contribution in [0, 0.1) is 6.92 Å². The fourth-order valence-corrected chi connectivity index (χ4v) is 2.35. The van der Waals surface area contributed by atoms with Crippen LogP contribution in [0.2, 0.25) is 0 Å². The van der Waals surface area contributed by atoms with E-state index in [1.807, 2.05) is 12.3 Å². The van der Waals surface area contributed by atoms with Crippen LogP contribution >= 0.6 is 11.3 Å². The number of aromatic nitrogens is 4. The van der Waals surface area contributed by atoms with Crippen LogP contribution in [0.1, 0.15) is 41.6 Å². The Hall–Kier alpha value is -1.56. The van der Waals surface area contributed by atoms with Crippen molar-refractivity contribution in [2.45, 2.75) is 33.1 Å². The highest BCUT2D eigenvalue weighted by molar-refractivity contribution is 7.12. The van der Waals surface area contributed by atoms with Gasteiger partial charge in [-0.1, -0.05) is 18.6 Å². The largest absolute Gasteiger partial charge is 0.296 e. The minimum Gasteiger partial charge on any atom is -0.296 e. The molecule has 2 heterocycles. The molecule has 17 heavy (non-hydrogen) atoms. The Bertz CT molecular complexity index is 517. The SMILES string of the molecule is CCCCc1c(C=O)nnn1-c1nc(C)cs1. The Kier molecular flexibility index (Phi) is 3.63. The first-order chi connectivity index (χ1) is 8.26. The third kappa shape index (κ3) is 2.41. The van der Waals surface area contributed by atoms with Gasteiger partial charge < -0.3 is 0 Å². The molecule has 0 unspecified atom stereocenters. The maximum Gasteiger partial charge on any atom is 0.212 e. The van der Waals surface area contributed by atoms with Gasteiger partial charge in [-0.2, -0.15) is 4.68 Å². The second-order valence-electron chi connectivity index (χ2n) is 3.83. The lowest BCUT2D eigenvalue weighted by molar-refractivity contribution is 0.111. The molecular weight excluding hydrogens is 236 g/mol. The van der Waals surface area contributed by atoms with Crippen LogP contribution in [-0.2, 0) is 6.42 Å². The topological polar surface area (TPSA) is 60.7 Å². The van der Waals surface area contributed by atoms with Crippen molar-refractivity contribution in [3.8, 4) is 5.13 Å². The summed E-state index contributed by atoms with van der Waals surface area (Å²) in [4.78, 5) is 15.3. The van der Waals surface area contributed by atoms with Gasteiger partial charge in [-0.15, -0.1) is 16.4 Å². The van der Waals surface area contributed by atoms with E-state index in [9.17, 15) is 4.79 Å². The van der Waals surface area contributed by atoms with Crippen LogP contribution in [0.25, 0.3) is 5.13 Å². The van der Waals surface area contributed by atoms with Gasteiger partial charge in [0.25, 0.3) is 0 Å². The molecule has 0 N–H and O–H groups in total. The van der Waals surface area contributed by atoms with Gasteiger partial charge in [0.15, 0.2) is 6.29 Å². The first-order valence-electron chi connectivity index (χ1n) is 5.58. The monoisotopic (exact) mass is 250 g/mol. The summed E-state index contributed by atoms with van der Waals surface area (Å²) in [6.45, 7) is 4.05. The standard InChI is InChI=1S/C11H14N4OS/c1-3-4-5-10-9(6-16)13-14-15(10)11-12-8(2)7-17-11/h6-7H,3-5H2,1-2H3. The molecule has 0 amide bonds. The summed E-state index contributed by atoms with van der Waals surface area (Å²) in [6, 6.07) is 0. The molecule has 6 heteroatoms. The summed E-state index contributed by atoms with van der Waals surface area (Å²) in [6.07, 6.45) is 3.64. The molecule has 0 radical (unpaired) electrons. The Labute approximate surface area is 103 Å². The van der Waals surface area contributed by atoms with Gasteiger partial charge in [0, 0.05) is 5.38 Å². The van der Waals surface area contributed by atoms with Crippen molar-refractivity contribution < 1.29 is 4.79 Å². The van der Waals surface area contributed by atoms with Gasteiger partial charge in [-0.25, -0.2) is 4.98 Å². The number of aryl methyl sites for hydroxylation is 1. The van der Waals surface area contributed by atoms with Crippen LogP contribution in [-0.4, -0.2) is 26.3 Å². The molecule has 0 aliphatic heterocycles. The normalized spacial score (nSPS) is 10.7. The number of unbranched alkanes of at least 4 members (excludes halogenated alkanes) is 1. The molecule has 0 aliphatic carbocycles. The van der Waals surface area contributed by atoms with Crippen LogP contribution in [0.4, 0.5) is 0 Å². The van der Waals surface area contributed by atoms with Gasteiger partial charge in [0.05, 0.1) is 11.4 Å². The van der Waals surface area contributed by atoms with Gasteiger partial charge >= 0.3 is 0 Å². The van der Waals surface area contributed by atoms with Crippen molar-refractivity contribution >= 4 is 17.6 Å². The van der Waals surface area contributed by atoms with E-state index >= 15 is 0 Å². The molecule has 0 aromatic carbocycles. The van der Waals surface area contributed by atoms with Gasteiger partial charge in [0.2, 0.25) is 5.13 Å². The molecule has 0 atom stereocenters. The van der Waals surface area contributed by atoms with Crippen molar-refractivity contribution in [3.63, 3.8) is 0 Å². The molecule has 90 valence electrons. The van der Waals surface area contributed by atoms with Crippen molar-refractivity contribution in [2.24, 2.45) is 0 Å². The summed E-state index contributed by atoms with van der Waals surface area (Å²) >= 11 is 1.51. The van der Waals surface area contributed by atoms with Crippen LogP contribution < -0.4 is 0 Å². The number of carbonyl (C=O) groups excluding carboxylic acids is 1. The highest BCUT2D eigenvalue weighted by atomic mass is 32.1. The number of aldehydes is 1. The summed E-state index contributed by atoms with van der Waals surface area (Å²) in [5.41, 5.74) is 2.23. The predicted octanol–water partition coefficient (Wildman–Crippen LogP) is 2.19. The van der Waals surface area contributed by atoms with Crippen LogP contribution in [0.5, 0.6) is 0 Å². The van der Waals surface area contributed by atoms with E-state index in [0.717, 1.165) is 42.1 Å². The molecule has 0 spiro atoms. The maximum atomic E-state index is 10.9. The maximum absolute atomic E-state index is 10.9. The number of rotatable bonds is 5.